The van der Waals surface area contributed by atoms with Crippen molar-refractivity contribution >= 4 is 15.9 Å². The fraction of sp³-hybridized carbons (Fsp3) is 0.625. The molecule has 0 bridgehead atoms. The third kappa shape index (κ3) is 3.38. The van der Waals surface area contributed by atoms with Crippen molar-refractivity contribution in [2.45, 2.75) is 18.9 Å². The van der Waals surface area contributed by atoms with Gasteiger partial charge in [0.15, 0.2) is 0 Å². The van der Waals surface area contributed by atoms with Crippen LogP contribution in [0, 0.1) is 0 Å². The molecule has 6 nitrogen and oxygen atoms in total. The minimum atomic E-state index is -3.42. The van der Waals surface area contributed by atoms with Crippen molar-refractivity contribution in [1.82, 2.24) is 8.61 Å². The van der Waals surface area contributed by atoms with E-state index in [0.29, 0.717) is 32.8 Å². The minimum absolute atomic E-state index is 0.0669. The van der Waals surface area contributed by atoms with E-state index in [4.69, 9.17) is 4.74 Å². The second kappa shape index (κ2) is 6.76. The zero-order chi connectivity index (χ0) is 16.4. The number of hydrogen-bond acceptors (Lipinski definition) is 4. The first kappa shape index (κ1) is 16.7. The molecule has 0 amide bonds. The minimum Gasteiger partial charge on any atom is -0.379 e. The maximum atomic E-state index is 13.0. The summed E-state index contributed by atoms with van der Waals surface area (Å²) in [5.41, 5.74) is 2.17. The molecule has 0 N–H and O–H groups in total. The molecular formula is C16H25N3O3S. The molecule has 1 atom stereocenters. The molecule has 0 aromatic heterocycles. The largest absolute Gasteiger partial charge is 0.379 e. The molecule has 1 aromatic carbocycles. The lowest BCUT2D eigenvalue weighted by atomic mass is 10.0. The van der Waals surface area contributed by atoms with Crippen molar-refractivity contribution in [3.05, 3.63) is 29.8 Å². The van der Waals surface area contributed by atoms with Crippen molar-refractivity contribution in [2.24, 2.45) is 0 Å². The Labute approximate surface area is 138 Å². The number of anilines is 1. The van der Waals surface area contributed by atoms with Gasteiger partial charge in [0.25, 0.3) is 10.2 Å². The maximum Gasteiger partial charge on any atom is 0.282 e. The third-order valence-corrected chi connectivity index (χ3v) is 6.62. The van der Waals surface area contributed by atoms with Gasteiger partial charge >= 0.3 is 0 Å². The fourth-order valence-corrected chi connectivity index (χ4v) is 5.10. The van der Waals surface area contributed by atoms with Gasteiger partial charge in [-0.25, -0.2) is 0 Å². The zero-order valence-corrected chi connectivity index (χ0v) is 14.6. The average Bonchev–Trinajstić information content (AvgIpc) is 3.06. The van der Waals surface area contributed by atoms with Crippen LogP contribution >= 0.6 is 0 Å². The summed E-state index contributed by atoms with van der Waals surface area (Å²) in [4.78, 5) is 2.04. The number of hydrogen-bond donors (Lipinski definition) is 0. The molecule has 128 valence electrons. The molecule has 3 rings (SSSR count). The molecule has 2 saturated heterocycles. The van der Waals surface area contributed by atoms with Gasteiger partial charge in [-0.05, 0) is 30.5 Å². The summed E-state index contributed by atoms with van der Waals surface area (Å²) in [5, 5.41) is 0. The second-order valence-corrected chi connectivity index (χ2v) is 8.16. The Kier molecular flexibility index (Phi) is 4.91. The summed E-state index contributed by atoms with van der Waals surface area (Å²) in [6.07, 6.45) is 1.78. The Hall–Kier alpha value is -1.15. The molecule has 7 heteroatoms. The van der Waals surface area contributed by atoms with Gasteiger partial charge in [-0.3, -0.25) is 0 Å². The quantitative estimate of drug-likeness (QED) is 0.833. The molecule has 0 aliphatic carbocycles. The first-order valence-electron chi connectivity index (χ1n) is 8.12. The van der Waals surface area contributed by atoms with Gasteiger partial charge < -0.3 is 9.64 Å². The molecule has 0 radical (unpaired) electrons. The van der Waals surface area contributed by atoms with Crippen LogP contribution in [0.3, 0.4) is 0 Å². The van der Waals surface area contributed by atoms with Crippen molar-refractivity contribution in [3.8, 4) is 0 Å². The normalized spacial score (nSPS) is 24.0. The van der Waals surface area contributed by atoms with Gasteiger partial charge in [0, 0.05) is 39.4 Å². The number of rotatable bonds is 4. The topological polar surface area (TPSA) is 53.1 Å². The van der Waals surface area contributed by atoms with Crippen molar-refractivity contribution in [1.29, 1.82) is 0 Å². The summed E-state index contributed by atoms with van der Waals surface area (Å²) >= 11 is 0. The van der Waals surface area contributed by atoms with Crippen LogP contribution in [0.1, 0.15) is 24.4 Å². The number of nitrogens with zero attached hydrogens (tertiary/aromatic N) is 3. The molecule has 1 unspecified atom stereocenters. The van der Waals surface area contributed by atoms with Crippen LogP contribution in [0.2, 0.25) is 0 Å². The Morgan fingerprint density at radius 3 is 2.61 bits per heavy atom. The predicted molar refractivity (Wildman–Crippen MR) is 90.8 cm³/mol. The first-order valence-corrected chi connectivity index (χ1v) is 9.52. The number of ether oxygens (including phenoxy) is 1. The Morgan fingerprint density at radius 2 is 1.91 bits per heavy atom. The molecule has 1 aromatic rings. The molecule has 2 aliphatic heterocycles. The van der Waals surface area contributed by atoms with E-state index in [1.54, 1.807) is 8.61 Å². The fourth-order valence-electron chi connectivity index (χ4n) is 3.29. The van der Waals surface area contributed by atoms with E-state index in [1.165, 1.54) is 0 Å². The molecule has 23 heavy (non-hydrogen) atoms. The van der Waals surface area contributed by atoms with E-state index in [2.05, 4.69) is 6.07 Å². The molecule has 0 spiro atoms. The standard InChI is InChI=1S/C16H25N3O3S/c1-17(2)15-6-3-5-14(13-15)16-7-4-8-19(16)23(20,21)18-9-11-22-12-10-18/h3,5-6,13,16H,4,7-12H2,1-2H3. The van der Waals surface area contributed by atoms with Crippen LogP contribution in [-0.4, -0.2) is 64.0 Å². The Morgan fingerprint density at radius 1 is 1.17 bits per heavy atom. The molecule has 2 fully saturated rings. The third-order valence-electron chi connectivity index (χ3n) is 4.57. The summed E-state index contributed by atoms with van der Waals surface area (Å²) in [6.45, 7) is 2.45. The summed E-state index contributed by atoms with van der Waals surface area (Å²) in [6, 6.07) is 8.10. The van der Waals surface area contributed by atoms with Crippen LogP contribution in [0.4, 0.5) is 5.69 Å². The van der Waals surface area contributed by atoms with Crippen molar-refractivity contribution in [2.75, 3.05) is 51.8 Å². The summed E-state index contributed by atoms with van der Waals surface area (Å²) < 4.78 is 34.5. The van der Waals surface area contributed by atoms with Gasteiger partial charge in [0.2, 0.25) is 0 Å². The highest BCUT2D eigenvalue weighted by molar-refractivity contribution is 7.86. The van der Waals surface area contributed by atoms with Crippen molar-refractivity contribution in [3.63, 3.8) is 0 Å². The van der Waals surface area contributed by atoms with E-state index in [0.717, 1.165) is 24.1 Å². The van der Waals surface area contributed by atoms with Gasteiger partial charge in [0.1, 0.15) is 0 Å². The highest BCUT2D eigenvalue weighted by Crippen LogP contribution is 2.36. The Balaban J connectivity index is 1.86. The predicted octanol–water partition coefficient (Wildman–Crippen LogP) is 1.47. The van der Waals surface area contributed by atoms with Crippen LogP contribution in [-0.2, 0) is 14.9 Å². The van der Waals surface area contributed by atoms with E-state index in [-0.39, 0.29) is 6.04 Å². The van der Waals surface area contributed by atoms with Crippen LogP contribution in [0.25, 0.3) is 0 Å². The van der Waals surface area contributed by atoms with E-state index in [1.807, 2.05) is 37.2 Å². The summed E-state index contributed by atoms with van der Waals surface area (Å²) in [5.74, 6) is 0. The number of morpholine rings is 1. The molecule has 0 saturated carbocycles. The highest BCUT2D eigenvalue weighted by atomic mass is 32.2. The lowest BCUT2D eigenvalue weighted by Gasteiger charge is -2.33. The molecule has 2 aliphatic rings. The van der Waals surface area contributed by atoms with Crippen molar-refractivity contribution < 1.29 is 13.2 Å². The number of benzene rings is 1. The van der Waals surface area contributed by atoms with E-state index in [9.17, 15) is 8.42 Å². The summed E-state index contributed by atoms with van der Waals surface area (Å²) in [7, 11) is 0.573. The highest BCUT2D eigenvalue weighted by Gasteiger charge is 2.39. The average molecular weight is 339 g/mol. The monoisotopic (exact) mass is 339 g/mol. The second-order valence-electron chi connectivity index (χ2n) is 6.28. The lowest BCUT2D eigenvalue weighted by Crippen LogP contribution is -2.48. The van der Waals surface area contributed by atoms with Gasteiger partial charge in [-0.1, -0.05) is 12.1 Å². The Bertz CT molecular complexity index is 642. The van der Waals surface area contributed by atoms with Crippen LogP contribution in [0.15, 0.2) is 24.3 Å². The molecule has 2 heterocycles. The first-order chi connectivity index (χ1) is 11.0. The zero-order valence-electron chi connectivity index (χ0n) is 13.8. The van der Waals surface area contributed by atoms with Gasteiger partial charge in [0.05, 0.1) is 19.3 Å². The van der Waals surface area contributed by atoms with Crippen LogP contribution in [0.5, 0.6) is 0 Å². The smallest absolute Gasteiger partial charge is 0.282 e. The van der Waals surface area contributed by atoms with Crippen LogP contribution < -0.4 is 4.90 Å². The van der Waals surface area contributed by atoms with Gasteiger partial charge in [-0.2, -0.15) is 17.0 Å². The van der Waals surface area contributed by atoms with E-state index < -0.39 is 10.2 Å². The SMILES string of the molecule is CN(C)c1cccc(C2CCCN2S(=O)(=O)N2CCOCC2)c1. The molecular weight excluding hydrogens is 314 g/mol. The van der Waals surface area contributed by atoms with Gasteiger partial charge in [-0.15, -0.1) is 0 Å². The maximum absolute atomic E-state index is 13.0. The lowest BCUT2D eigenvalue weighted by molar-refractivity contribution is 0.0699. The van der Waals surface area contributed by atoms with E-state index >= 15 is 0 Å².